The molecule has 5 nitrogen and oxygen atoms in total. The van der Waals surface area contributed by atoms with Gasteiger partial charge in [0.25, 0.3) is 0 Å². The minimum Gasteiger partial charge on any atom is -0.383 e. The quantitative estimate of drug-likeness (QED) is 0.870. The lowest BCUT2D eigenvalue weighted by Crippen LogP contribution is -2.49. The molecule has 0 aromatic carbocycles. The lowest BCUT2D eigenvalue weighted by Gasteiger charge is -2.45. The predicted octanol–water partition coefficient (Wildman–Crippen LogP) is 1.86. The molecule has 1 aromatic rings. The number of hydrogen-bond donors (Lipinski definition) is 1. The highest BCUT2D eigenvalue weighted by Gasteiger charge is 2.45. The first kappa shape index (κ1) is 14.0. The molecule has 1 aromatic heterocycles. The van der Waals surface area contributed by atoms with Crippen molar-refractivity contribution < 1.29 is 9.47 Å². The summed E-state index contributed by atoms with van der Waals surface area (Å²) < 4.78 is 13.6. The molecule has 1 aliphatic rings. The minimum absolute atomic E-state index is 0.162. The van der Waals surface area contributed by atoms with Crippen molar-refractivity contribution in [3.05, 3.63) is 16.4 Å². The van der Waals surface area contributed by atoms with Crippen molar-refractivity contribution in [1.82, 2.24) is 9.78 Å². The molecule has 1 aliphatic carbocycles. The molecule has 1 fully saturated rings. The summed E-state index contributed by atoms with van der Waals surface area (Å²) in [5.74, 6) is 0. The van der Waals surface area contributed by atoms with Gasteiger partial charge in [-0.25, -0.2) is 0 Å². The molecule has 1 heterocycles. The first-order chi connectivity index (χ1) is 8.64. The van der Waals surface area contributed by atoms with E-state index in [9.17, 15) is 0 Å². The number of nitrogens with two attached hydrogens (primary N) is 1. The number of methoxy groups -OCH3 is 2. The monoisotopic (exact) mass is 317 g/mol. The Morgan fingerprint density at radius 3 is 2.78 bits per heavy atom. The van der Waals surface area contributed by atoms with Crippen molar-refractivity contribution in [3.63, 3.8) is 0 Å². The van der Waals surface area contributed by atoms with E-state index in [0.29, 0.717) is 13.2 Å². The van der Waals surface area contributed by atoms with E-state index in [4.69, 9.17) is 15.2 Å². The summed E-state index contributed by atoms with van der Waals surface area (Å²) in [5, 5.41) is 4.33. The predicted molar refractivity (Wildman–Crippen MR) is 72.3 cm³/mol. The van der Waals surface area contributed by atoms with E-state index in [1.807, 2.05) is 4.68 Å². The molecule has 0 aliphatic heterocycles. The van der Waals surface area contributed by atoms with Crippen molar-refractivity contribution in [2.75, 3.05) is 20.8 Å². The van der Waals surface area contributed by atoms with Crippen LogP contribution < -0.4 is 5.73 Å². The van der Waals surface area contributed by atoms with E-state index in [1.165, 1.54) is 6.42 Å². The van der Waals surface area contributed by atoms with Crippen molar-refractivity contribution in [2.45, 2.75) is 37.5 Å². The van der Waals surface area contributed by atoms with Crippen molar-refractivity contribution in [2.24, 2.45) is 5.73 Å². The lowest BCUT2D eigenvalue weighted by molar-refractivity contribution is -0.0930. The summed E-state index contributed by atoms with van der Waals surface area (Å²) in [7, 11) is 3.42. The molecule has 0 amide bonds. The van der Waals surface area contributed by atoms with Crippen LogP contribution in [0.2, 0.25) is 0 Å². The summed E-state index contributed by atoms with van der Waals surface area (Å²) >= 11 is 3.52. The zero-order valence-electron chi connectivity index (χ0n) is 10.9. The maximum atomic E-state index is 6.41. The third-order valence-electron chi connectivity index (χ3n) is 3.81. The largest absolute Gasteiger partial charge is 0.383 e. The average Bonchev–Trinajstić information content (AvgIpc) is 2.67. The number of aromatic nitrogens is 2. The van der Waals surface area contributed by atoms with Gasteiger partial charge in [0.2, 0.25) is 0 Å². The van der Waals surface area contributed by atoms with Gasteiger partial charge >= 0.3 is 0 Å². The van der Waals surface area contributed by atoms with Crippen molar-refractivity contribution in [3.8, 4) is 0 Å². The molecule has 102 valence electrons. The van der Waals surface area contributed by atoms with Crippen LogP contribution in [0.15, 0.2) is 10.7 Å². The fourth-order valence-corrected chi connectivity index (χ4v) is 3.00. The van der Waals surface area contributed by atoms with Gasteiger partial charge in [-0.1, -0.05) is 0 Å². The Balaban J connectivity index is 2.23. The Morgan fingerprint density at radius 2 is 2.28 bits per heavy atom. The summed E-state index contributed by atoms with van der Waals surface area (Å²) in [6.45, 7) is 1.32. The summed E-state index contributed by atoms with van der Waals surface area (Å²) in [6.07, 6.45) is 4.97. The standard InChI is InChI=1S/C12H20BrN3O2/c1-17-7-6-16-10(9(13)8-15-16)11(14)12(18-2)4-3-5-12/h8,11H,3-7,14H2,1-2H3. The third kappa shape index (κ3) is 2.34. The normalized spacial score (nSPS) is 19.6. The van der Waals surface area contributed by atoms with Gasteiger partial charge in [0.15, 0.2) is 0 Å². The number of hydrogen-bond acceptors (Lipinski definition) is 4. The summed E-state index contributed by atoms with van der Waals surface area (Å²) in [5.41, 5.74) is 7.17. The molecule has 0 spiro atoms. The van der Waals surface area contributed by atoms with Crippen LogP contribution in [-0.2, 0) is 16.0 Å². The van der Waals surface area contributed by atoms with E-state index < -0.39 is 0 Å². The van der Waals surface area contributed by atoms with Gasteiger partial charge in [-0.2, -0.15) is 5.10 Å². The zero-order chi connectivity index (χ0) is 13.2. The number of nitrogens with zero attached hydrogens (tertiary/aromatic N) is 2. The van der Waals surface area contributed by atoms with Crippen molar-refractivity contribution in [1.29, 1.82) is 0 Å². The van der Waals surface area contributed by atoms with Gasteiger partial charge in [-0.3, -0.25) is 4.68 Å². The molecule has 18 heavy (non-hydrogen) atoms. The molecule has 1 atom stereocenters. The molecule has 6 heteroatoms. The molecule has 1 unspecified atom stereocenters. The average molecular weight is 318 g/mol. The second-order valence-electron chi connectivity index (χ2n) is 4.69. The van der Waals surface area contributed by atoms with Gasteiger partial charge in [0, 0.05) is 14.2 Å². The Morgan fingerprint density at radius 1 is 1.56 bits per heavy atom. The maximum absolute atomic E-state index is 6.41. The van der Waals surface area contributed by atoms with Crippen LogP contribution in [0.5, 0.6) is 0 Å². The van der Waals surface area contributed by atoms with Crippen LogP contribution in [0.25, 0.3) is 0 Å². The van der Waals surface area contributed by atoms with Gasteiger partial charge in [-0.15, -0.1) is 0 Å². The highest BCUT2D eigenvalue weighted by Crippen LogP contribution is 2.44. The smallest absolute Gasteiger partial charge is 0.0886 e. The van der Waals surface area contributed by atoms with E-state index in [0.717, 1.165) is 23.0 Å². The van der Waals surface area contributed by atoms with E-state index in [-0.39, 0.29) is 11.6 Å². The maximum Gasteiger partial charge on any atom is 0.0886 e. The summed E-state index contributed by atoms with van der Waals surface area (Å²) in [4.78, 5) is 0. The molecule has 0 radical (unpaired) electrons. The van der Waals surface area contributed by atoms with E-state index in [2.05, 4.69) is 21.0 Å². The second kappa shape index (κ2) is 5.69. The Labute approximate surface area is 116 Å². The first-order valence-electron chi connectivity index (χ1n) is 6.15. The van der Waals surface area contributed by atoms with Crippen LogP contribution in [0.3, 0.4) is 0 Å². The van der Waals surface area contributed by atoms with E-state index in [1.54, 1.807) is 20.4 Å². The Kier molecular flexibility index (Phi) is 4.42. The Hall–Kier alpha value is -0.430. The van der Waals surface area contributed by atoms with E-state index >= 15 is 0 Å². The van der Waals surface area contributed by atoms with Crippen molar-refractivity contribution >= 4 is 15.9 Å². The molecule has 2 rings (SSSR count). The minimum atomic E-state index is -0.229. The van der Waals surface area contributed by atoms with Crippen LogP contribution in [0.4, 0.5) is 0 Å². The number of halogens is 1. The lowest BCUT2D eigenvalue weighted by atomic mass is 9.73. The highest BCUT2D eigenvalue weighted by atomic mass is 79.9. The van der Waals surface area contributed by atoms with Gasteiger partial charge in [0.05, 0.1) is 41.2 Å². The van der Waals surface area contributed by atoms with Gasteiger partial charge in [-0.05, 0) is 35.2 Å². The summed E-state index contributed by atoms with van der Waals surface area (Å²) in [6, 6.07) is -0.162. The van der Waals surface area contributed by atoms with Crippen LogP contribution in [-0.4, -0.2) is 36.2 Å². The fraction of sp³-hybridized carbons (Fsp3) is 0.750. The molecule has 0 saturated heterocycles. The van der Waals surface area contributed by atoms with Gasteiger partial charge < -0.3 is 15.2 Å². The molecule has 2 N–H and O–H groups in total. The fourth-order valence-electron chi connectivity index (χ4n) is 2.45. The van der Waals surface area contributed by atoms with Crippen LogP contribution in [0, 0.1) is 0 Å². The Bertz CT molecular complexity index is 399. The number of rotatable bonds is 6. The molecule has 1 saturated carbocycles. The first-order valence-corrected chi connectivity index (χ1v) is 6.95. The second-order valence-corrected chi connectivity index (χ2v) is 5.55. The van der Waals surface area contributed by atoms with Gasteiger partial charge in [0.1, 0.15) is 0 Å². The topological polar surface area (TPSA) is 62.3 Å². The SMILES string of the molecule is COCCn1ncc(Br)c1C(N)C1(OC)CCC1. The zero-order valence-corrected chi connectivity index (χ0v) is 12.4. The van der Waals surface area contributed by atoms with Crippen LogP contribution >= 0.6 is 15.9 Å². The third-order valence-corrected chi connectivity index (χ3v) is 4.42. The molecular formula is C12H20BrN3O2. The highest BCUT2D eigenvalue weighted by molar-refractivity contribution is 9.10. The van der Waals surface area contributed by atoms with Crippen LogP contribution in [0.1, 0.15) is 31.0 Å². The molecule has 0 bridgehead atoms. The number of ether oxygens (including phenoxy) is 2. The molecular weight excluding hydrogens is 298 g/mol.